The molecule has 0 atom stereocenters. The van der Waals surface area contributed by atoms with Gasteiger partial charge in [0.15, 0.2) is 10.5 Å². The van der Waals surface area contributed by atoms with Crippen LogP contribution in [-0.2, 0) is 14.8 Å². The third kappa shape index (κ3) is 5.34. The average molecular weight is 573 g/mol. The Morgan fingerprint density at radius 2 is 1.65 bits per heavy atom. The maximum Gasteiger partial charge on any atom is 0.269 e. The lowest BCUT2D eigenvalue weighted by Crippen LogP contribution is -2.38. The van der Waals surface area contributed by atoms with Gasteiger partial charge in [0, 0.05) is 32.3 Å². The molecule has 40 heavy (non-hydrogen) atoms. The van der Waals surface area contributed by atoms with E-state index in [1.165, 1.54) is 12.1 Å². The van der Waals surface area contributed by atoms with Crippen LogP contribution in [0.1, 0.15) is 41.6 Å². The Kier molecular flexibility index (Phi) is 7.19. The molecule has 4 aromatic rings. The van der Waals surface area contributed by atoms with Gasteiger partial charge in [-0.2, -0.15) is 9.61 Å². The van der Waals surface area contributed by atoms with Gasteiger partial charge in [-0.25, -0.2) is 31.3 Å². The normalized spacial score (nSPS) is 14.3. The molecule has 0 aliphatic carbocycles. The van der Waals surface area contributed by atoms with Crippen molar-refractivity contribution < 1.29 is 31.2 Å². The fourth-order valence-electron chi connectivity index (χ4n) is 4.66. The zero-order valence-electron chi connectivity index (χ0n) is 21.1. The van der Waals surface area contributed by atoms with E-state index in [1.807, 2.05) is 4.72 Å². The first-order valence-electron chi connectivity index (χ1n) is 12.2. The molecule has 208 valence electrons. The second kappa shape index (κ2) is 10.6. The summed E-state index contributed by atoms with van der Waals surface area (Å²) in [6, 6.07) is 8.91. The van der Waals surface area contributed by atoms with Gasteiger partial charge in [-0.05, 0) is 48.6 Å². The van der Waals surface area contributed by atoms with Crippen LogP contribution in [-0.4, -0.2) is 52.8 Å². The summed E-state index contributed by atoms with van der Waals surface area (Å²) in [6.07, 6.45) is 3.27. The van der Waals surface area contributed by atoms with Crippen molar-refractivity contribution in [2.24, 2.45) is 0 Å². The number of anilines is 2. The van der Waals surface area contributed by atoms with Crippen LogP contribution in [0.4, 0.5) is 24.7 Å². The molecule has 5 rings (SSSR count). The molecule has 2 N–H and O–H groups in total. The second-order valence-corrected chi connectivity index (χ2v) is 10.9. The number of aromatic nitrogens is 3. The van der Waals surface area contributed by atoms with E-state index in [0.717, 1.165) is 47.6 Å². The summed E-state index contributed by atoms with van der Waals surface area (Å²) in [5.74, 6) is -3.27. The highest BCUT2D eigenvalue weighted by atomic mass is 32.2. The Morgan fingerprint density at radius 3 is 2.33 bits per heavy atom. The minimum Gasteiger partial charge on any atom is -0.338 e. The van der Waals surface area contributed by atoms with Crippen LogP contribution < -0.4 is 10.0 Å². The smallest absolute Gasteiger partial charge is 0.269 e. The lowest BCUT2D eigenvalue weighted by Gasteiger charge is -2.32. The Balaban J connectivity index is 1.51. The van der Waals surface area contributed by atoms with Gasteiger partial charge in [-0.1, -0.05) is 12.1 Å². The summed E-state index contributed by atoms with van der Waals surface area (Å²) >= 11 is 0. The minimum atomic E-state index is -4.36. The number of benzene rings is 2. The molecule has 0 bridgehead atoms. The first-order valence-corrected chi connectivity index (χ1v) is 13.7. The molecule has 3 heterocycles. The summed E-state index contributed by atoms with van der Waals surface area (Å²) in [5.41, 5.74) is 0.325. The predicted molar refractivity (Wildman–Crippen MR) is 138 cm³/mol. The Morgan fingerprint density at radius 1 is 0.975 bits per heavy atom. The van der Waals surface area contributed by atoms with Crippen molar-refractivity contribution in [3.05, 3.63) is 83.4 Å². The first kappa shape index (κ1) is 27.1. The summed E-state index contributed by atoms with van der Waals surface area (Å²) < 4.78 is 70.0. The van der Waals surface area contributed by atoms with Gasteiger partial charge in [0.2, 0.25) is 5.91 Å². The molecule has 2 aromatic carbocycles. The highest BCUT2D eigenvalue weighted by Crippen LogP contribution is 2.31. The highest BCUT2D eigenvalue weighted by molar-refractivity contribution is 7.90. The van der Waals surface area contributed by atoms with E-state index in [2.05, 4.69) is 15.4 Å². The number of sulfonamides is 1. The maximum atomic E-state index is 14.6. The largest absolute Gasteiger partial charge is 0.338 e. The SMILES string of the molecule is CC(=O)NS(=O)(=O)c1cnn2c(Nc3cc(F)ccc3F)c(C(=O)N3CCC(c4ccc(F)cc4)CC3)cnc12. The van der Waals surface area contributed by atoms with E-state index in [9.17, 15) is 31.2 Å². The third-order valence-electron chi connectivity index (χ3n) is 6.60. The second-order valence-electron chi connectivity index (χ2n) is 9.29. The van der Waals surface area contributed by atoms with Crippen molar-refractivity contribution in [3.63, 3.8) is 0 Å². The highest BCUT2D eigenvalue weighted by Gasteiger charge is 2.30. The standard InChI is InChI=1S/C26H23F3N6O4S/c1-15(36)33-40(38,39)23-14-31-35-24(32-22-12-19(28)6-7-21(22)29)20(13-30-25(23)35)26(37)34-10-8-17(9-11-34)16-2-4-18(27)5-3-16/h2-7,12-14,17,32H,8-11H2,1H3,(H,33,36). The number of amides is 2. The van der Waals surface area contributed by atoms with Crippen LogP contribution >= 0.6 is 0 Å². The molecule has 1 saturated heterocycles. The molecule has 0 radical (unpaired) electrons. The van der Waals surface area contributed by atoms with Gasteiger partial charge in [-0.3, -0.25) is 9.59 Å². The number of likely N-dealkylation sites (tertiary alicyclic amines) is 1. The number of hydrogen-bond acceptors (Lipinski definition) is 7. The lowest BCUT2D eigenvalue weighted by molar-refractivity contribution is -0.117. The van der Waals surface area contributed by atoms with Crippen molar-refractivity contribution in [2.75, 3.05) is 18.4 Å². The molecule has 0 spiro atoms. The predicted octanol–water partition coefficient (Wildman–Crippen LogP) is 3.73. The number of carbonyl (C=O) groups excluding carboxylic acids is 2. The van der Waals surface area contributed by atoms with Crippen LogP contribution in [0.2, 0.25) is 0 Å². The molecule has 0 unspecified atom stereocenters. The van der Waals surface area contributed by atoms with E-state index >= 15 is 0 Å². The Labute approximate surface area is 226 Å². The molecule has 1 aliphatic rings. The third-order valence-corrected chi connectivity index (χ3v) is 8.02. The Hall–Kier alpha value is -4.46. The van der Waals surface area contributed by atoms with Crippen LogP contribution in [0.3, 0.4) is 0 Å². The van der Waals surface area contributed by atoms with Crippen molar-refractivity contribution >= 4 is 39.0 Å². The lowest BCUT2D eigenvalue weighted by atomic mass is 9.89. The molecule has 2 aromatic heterocycles. The van der Waals surface area contributed by atoms with Crippen molar-refractivity contribution in [1.82, 2.24) is 24.2 Å². The van der Waals surface area contributed by atoms with E-state index in [1.54, 1.807) is 17.0 Å². The van der Waals surface area contributed by atoms with Crippen molar-refractivity contribution in [2.45, 2.75) is 30.6 Å². The summed E-state index contributed by atoms with van der Waals surface area (Å²) in [4.78, 5) is 30.3. The van der Waals surface area contributed by atoms with Gasteiger partial charge in [-0.15, -0.1) is 0 Å². The van der Waals surface area contributed by atoms with Gasteiger partial charge >= 0.3 is 0 Å². The van der Waals surface area contributed by atoms with Gasteiger partial charge < -0.3 is 10.2 Å². The first-order chi connectivity index (χ1) is 19.0. The molecule has 2 amide bonds. The molecule has 1 fully saturated rings. The topological polar surface area (TPSA) is 126 Å². The number of nitrogens with one attached hydrogen (secondary N) is 2. The van der Waals surface area contributed by atoms with E-state index in [4.69, 9.17) is 0 Å². The summed E-state index contributed by atoms with van der Waals surface area (Å²) in [5, 5.41) is 6.70. The van der Waals surface area contributed by atoms with Crippen molar-refractivity contribution in [1.29, 1.82) is 0 Å². The number of rotatable bonds is 6. The van der Waals surface area contributed by atoms with Crippen LogP contribution in [0, 0.1) is 17.5 Å². The molecule has 14 heteroatoms. The van der Waals surface area contributed by atoms with E-state index < -0.39 is 38.4 Å². The fourth-order valence-corrected chi connectivity index (χ4v) is 5.72. The summed E-state index contributed by atoms with van der Waals surface area (Å²) in [7, 11) is -4.36. The number of carbonyl (C=O) groups is 2. The quantitative estimate of drug-likeness (QED) is 0.361. The average Bonchev–Trinajstić information content (AvgIpc) is 3.36. The number of hydrogen-bond donors (Lipinski definition) is 2. The number of halogens is 3. The van der Waals surface area contributed by atoms with Gasteiger partial charge in [0.05, 0.1) is 11.9 Å². The zero-order chi connectivity index (χ0) is 28.6. The molecule has 1 aliphatic heterocycles. The number of piperidine rings is 1. The Bertz CT molecular complexity index is 1720. The monoisotopic (exact) mass is 572 g/mol. The number of fused-ring (bicyclic) bond motifs is 1. The van der Waals surface area contributed by atoms with E-state index in [-0.39, 0.29) is 34.5 Å². The number of nitrogens with zero attached hydrogens (tertiary/aromatic N) is 4. The van der Waals surface area contributed by atoms with Crippen LogP contribution in [0.25, 0.3) is 5.65 Å². The maximum absolute atomic E-state index is 14.6. The van der Waals surface area contributed by atoms with Crippen molar-refractivity contribution in [3.8, 4) is 0 Å². The molecular weight excluding hydrogens is 549 g/mol. The molecule has 0 saturated carbocycles. The van der Waals surface area contributed by atoms with Gasteiger partial charge in [0.25, 0.3) is 15.9 Å². The molecular formula is C26H23F3N6O4S. The summed E-state index contributed by atoms with van der Waals surface area (Å²) in [6.45, 7) is 1.73. The van der Waals surface area contributed by atoms with Gasteiger partial charge in [0.1, 0.15) is 28.8 Å². The van der Waals surface area contributed by atoms with Crippen LogP contribution in [0.5, 0.6) is 0 Å². The molecule has 10 nitrogen and oxygen atoms in total. The zero-order valence-corrected chi connectivity index (χ0v) is 21.9. The van der Waals surface area contributed by atoms with Crippen LogP contribution in [0.15, 0.2) is 59.8 Å². The fraction of sp³-hybridized carbons (Fsp3) is 0.231. The van der Waals surface area contributed by atoms with E-state index in [0.29, 0.717) is 25.9 Å². The minimum absolute atomic E-state index is 0.0667.